The zero-order valence-corrected chi connectivity index (χ0v) is 15.5. The van der Waals surface area contributed by atoms with E-state index < -0.39 is 0 Å². The first-order valence-electron chi connectivity index (χ1n) is 8.87. The average molecular weight is 331 g/mol. The molecule has 0 heterocycles. The minimum Gasteiger partial charge on any atom is -1.00 e. The summed E-state index contributed by atoms with van der Waals surface area (Å²) in [5, 5.41) is 10.4. The fourth-order valence-electron chi connectivity index (χ4n) is 6.53. The number of allylic oxidation sites excluding steroid dienone is 1. The van der Waals surface area contributed by atoms with Crippen LogP contribution < -0.4 is 31.3 Å². The fraction of sp³-hybridized carbons (Fsp3) is 0.842. The van der Waals surface area contributed by atoms with Gasteiger partial charge >= 0.3 is 18.9 Å². The van der Waals surface area contributed by atoms with Gasteiger partial charge in [0.15, 0.2) is 5.78 Å². The summed E-state index contributed by atoms with van der Waals surface area (Å²) >= 11 is 0. The van der Waals surface area contributed by atoms with E-state index in [1.807, 2.05) is 6.08 Å². The molecule has 0 aromatic rings. The Morgan fingerprint density at radius 1 is 1.04 bits per heavy atom. The van der Waals surface area contributed by atoms with Crippen molar-refractivity contribution in [2.45, 2.75) is 71.3 Å². The zero-order valence-electron chi connectivity index (χ0n) is 14.8. The maximum absolute atomic E-state index is 11.8. The Balaban J connectivity index is 0.000000960. The summed E-state index contributed by atoms with van der Waals surface area (Å²) in [6.45, 7) is 4.76. The third kappa shape index (κ3) is 2.69. The number of halogens is 1. The van der Waals surface area contributed by atoms with Crippen molar-refractivity contribution in [3.63, 3.8) is 0 Å². The van der Waals surface area contributed by atoms with Gasteiger partial charge in [0.2, 0.25) is 0 Å². The normalized spacial score (nSPS) is 48.1. The summed E-state index contributed by atoms with van der Waals surface area (Å²) in [4.78, 5) is 11.8. The van der Waals surface area contributed by atoms with Crippen LogP contribution in [0.5, 0.6) is 0 Å². The third-order valence-corrected chi connectivity index (χ3v) is 7.91. The van der Waals surface area contributed by atoms with E-state index in [-0.39, 0.29) is 48.2 Å². The molecule has 0 aliphatic heterocycles. The molecule has 2 nitrogen and oxygen atoms in total. The number of hydrogen-bond donors (Lipinski definition) is 1. The summed E-state index contributed by atoms with van der Waals surface area (Å²) in [7, 11) is 0. The van der Waals surface area contributed by atoms with Crippen molar-refractivity contribution in [3.05, 3.63) is 11.6 Å². The molecule has 0 aromatic carbocycles. The van der Waals surface area contributed by atoms with Crippen LogP contribution in [0.1, 0.15) is 65.2 Å². The van der Waals surface area contributed by atoms with Gasteiger partial charge < -0.3 is 17.5 Å². The number of rotatable bonds is 0. The number of aliphatic hydroxyl groups is 1. The molecule has 0 bridgehead atoms. The molecule has 0 saturated heterocycles. The monoisotopic (exact) mass is 330 g/mol. The first-order chi connectivity index (χ1) is 9.95. The average Bonchev–Trinajstić information content (AvgIpc) is 2.76. The fourth-order valence-corrected chi connectivity index (χ4v) is 6.53. The molecule has 4 aliphatic rings. The smallest absolute Gasteiger partial charge is 1.00 e. The predicted molar refractivity (Wildman–Crippen MR) is 82.7 cm³/mol. The minimum atomic E-state index is -0.0823. The van der Waals surface area contributed by atoms with E-state index in [9.17, 15) is 9.90 Å². The zero-order chi connectivity index (χ0) is 14.8. The van der Waals surface area contributed by atoms with Crippen LogP contribution in [0.2, 0.25) is 0 Å². The molecule has 23 heavy (non-hydrogen) atoms. The van der Waals surface area contributed by atoms with Crippen molar-refractivity contribution in [1.29, 1.82) is 0 Å². The van der Waals surface area contributed by atoms with Crippen molar-refractivity contribution in [3.8, 4) is 0 Å². The SMILES string of the molecule is C[C@]12CC[C@H]3[C@@H](CCC4=CC(=O)CC[C@@]43C)[C@@H]1CC[C@@H]2O.[Cl-].[Li+]. The van der Waals surface area contributed by atoms with E-state index in [1.54, 1.807) is 0 Å². The summed E-state index contributed by atoms with van der Waals surface area (Å²) < 4.78 is 0. The third-order valence-electron chi connectivity index (χ3n) is 7.91. The second-order valence-corrected chi connectivity index (χ2v) is 8.61. The molecule has 0 radical (unpaired) electrons. The second-order valence-electron chi connectivity index (χ2n) is 8.61. The predicted octanol–water partition coefficient (Wildman–Crippen LogP) is -2.11. The molecule has 0 amide bonds. The van der Waals surface area contributed by atoms with Crippen LogP contribution in [0.25, 0.3) is 0 Å². The first kappa shape index (κ1) is 19.6. The standard InChI is InChI=1S/C19H28O2.ClH.Li/c1-18-9-7-13(20)11-12(18)3-4-14-15-5-6-17(21)19(15,2)10-8-16(14)18;;/h11,14-17,21H,3-10H2,1-2H3;1H;/q;;+1/p-1/t14-,15-,16-,17-,18-,19-;;/m0../s1. The van der Waals surface area contributed by atoms with Gasteiger partial charge in [-0.25, -0.2) is 0 Å². The van der Waals surface area contributed by atoms with Crippen LogP contribution in [0, 0.1) is 28.6 Å². The van der Waals surface area contributed by atoms with Crippen LogP contribution in [-0.2, 0) is 4.79 Å². The van der Waals surface area contributed by atoms with Gasteiger partial charge in [-0.1, -0.05) is 19.4 Å². The molecule has 0 aromatic heterocycles. The summed E-state index contributed by atoms with van der Waals surface area (Å²) in [5.74, 6) is 2.57. The number of fused-ring (bicyclic) bond motifs is 5. The van der Waals surface area contributed by atoms with Crippen LogP contribution in [0.4, 0.5) is 0 Å². The van der Waals surface area contributed by atoms with Crippen molar-refractivity contribution in [2.24, 2.45) is 28.6 Å². The van der Waals surface area contributed by atoms with Crippen molar-refractivity contribution in [1.82, 2.24) is 0 Å². The quantitative estimate of drug-likeness (QED) is 0.516. The molecule has 0 unspecified atom stereocenters. The number of carbonyl (C=O) groups is 1. The maximum Gasteiger partial charge on any atom is 1.00 e. The van der Waals surface area contributed by atoms with Gasteiger partial charge in [0.25, 0.3) is 0 Å². The van der Waals surface area contributed by atoms with E-state index >= 15 is 0 Å². The van der Waals surface area contributed by atoms with E-state index in [2.05, 4.69) is 13.8 Å². The number of aliphatic hydroxyl groups excluding tert-OH is 1. The van der Waals surface area contributed by atoms with Gasteiger partial charge in [-0.05, 0) is 79.6 Å². The Kier molecular flexibility index (Phi) is 5.56. The minimum absolute atomic E-state index is 0. The van der Waals surface area contributed by atoms with Gasteiger partial charge in [0, 0.05) is 6.42 Å². The summed E-state index contributed by atoms with van der Waals surface area (Å²) in [5.41, 5.74) is 1.89. The largest absolute Gasteiger partial charge is 1.00 e. The number of ketones is 1. The molecule has 3 saturated carbocycles. The molecular weight excluding hydrogens is 303 g/mol. The molecule has 124 valence electrons. The van der Waals surface area contributed by atoms with Gasteiger partial charge in [0.1, 0.15) is 0 Å². The van der Waals surface area contributed by atoms with Crippen LogP contribution >= 0.6 is 0 Å². The van der Waals surface area contributed by atoms with E-state index in [4.69, 9.17) is 0 Å². The number of hydrogen-bond acceptors (Lipinski definition) is 2. The van der Waals surface area contributed by atoms with Crippen molar-refractivity contribution < 1.29 is 41.2 Å². The van der Waals surface area contributed by atoms with Crippen molar-refractivity contribution in [2.75, 3.05) is 0 Å². The van der Waals surface area contributed by atoms with Crippen molar-refractivity contribution >= 4 is 5.78 Å². The van der Waals surface area contributed by atoms with Crippen LogP contribution in [-0.4, -0.2) is 17.0 Å². The van der Waals surface area contributed by atoms with Crippen LogP contribution in [0.3, 0.4) is 0 Å². The topological polar surface area (TPSA) is 37.3 Å². The van der Waals surface area contributed by atoms with Gasteiger partial charge in [-0.2, -0.15) is 0 Å². The summed E-state index contributed by atoms with van der Waals surface area (Å²) in [6, 6.07) is 0. The maximum atomic E-state index is 11.8. The molecular formula is C19H28ClLiO2. The Morgan fingerprint density at radius 3 is 2.52 bits per heavy atom. The molecule has 3 fully saturated rings. The molecule has 0 spiro atoms. The molecule has 6 atom stereocenters. The molecule has 1 N–H and O–H groups in total. The Hall–Kier alpha value is 0.257. The van der Waals surface area contributed by atoms with Gasteiger partial charge in [0.05, 0.1) is 6.10 Å². The second kappa shape index (κ2) is 6.53. The van der Waals surface area contributed by atoms with Gasteiger partial charge in [-0.15, -0.1) is 0 Å². The summed E-state index contributed by atoms with van der Waals surface area (Å²) in [6.07, 6.45) is 10.7. The first-order valence-corrected chi connectivity index (χ1v) is 8.87. The Labute approximate surface area is 158 Å². The van der Waals surface area contributed by atoms with E-state index in [0.29, 0.717) is 11.7 Å². The molecule has 4 rings (SSSR count). The molecule has 4 heteroatoms. The van der Waals surface area contributed by atoms with Gasteiger partial charge in [-0.3, -0.25) is 4.79 Å². The Morgan fingerprint density at radius 2 is 1.78 bits per heavy atom. The van der Waals surface area contributed by atoms with E-state index in [1.165, 1.54) is 31.3 Å². The number of carbonyl (C=O) groups excluding carboxylic acids is 1. The van der Waals surface area contributed by atoms with E-state index in [0.717, 1.165) is 37.5 Å². The Bertz CT molecular complexity index is 519. The molecule has 4 aliphatic carbocycles. The van der Waals surface area contributed by atoms with Crippen LogP contribution in [0.15, 0.2) is 11.6 Å².